The van der Waals surface area contributed by atoms with E-state index < -0.39 is 10.0 Å². The molecular formula is C16H20N4O5S. The lowest BCUT2D eigenvalue weighted by Gasteiger charge is -2.15. The van der Waals surface area contributed by atoms with Gasteiger partial charge in [0.25, 0.3) is 5.91 Å². The summed E-state index contributed by atoms with van der Waals surface area (Å²) in [6.07, 6.45) is 1.95. The van der Waals surface area contributed by atoms with Gasteiger partial charge in [0.05, 0.1) is 11.4 Å². The zero-order valence-electron chi connectivity index (χ0n) is 14.3. The molecule has 0 bridgehead atoms. The maximum absolute atomic E-state index is 12.5. The Morgan fingerprint density at radius 2 is 2.12 bits per heavy atom. The van der Waals surface area contributed by atoms with E-state index in [1.54, 1.807) is 17.0 Å². The van der Waals surface area contributed by atoms with Gasteiger partial charge < -0.3 is 14.2 Å². The Hall–Kier alpha value is -2.30. The van der Waals surface area contributed by atoms with Crippen molar-refractivity contribution in [1.82, 2.24) is 19.8 Å². The molecule has 0 aliphatic carbocycles. The molecule has 1 fully saturated rings. The van der Waals surface area contributed by atoms with Crippen LogP contribution >= 0.6 is 0 Å². The molecule has 10 heteroatoms. The van der Waals surface area contributed by atoms with Crippen molar-refractivity contribution in [2.24, 2.45) is 0 Å². The van der Waals surface area contributed by atoms with Gasteiger partial charge >= 0.3 is 0 Å². The largest absolute Gasteiger partial charge is 0.377 e. The number of benzene rings is 1. The lowest BCUT2D eigenvalue weighted by molar-refractivity contribution is 0.0792. The average Bonchev–Trinajstić information content (AvgIpc) is 3.32. The van der Waals surface area contributed by atoms with Crippen LogP contribution in [0, 0.1) is 0 Å². The molecule has 140 valence electrons. The predicted molar refractivity (Wildman–Crippen MR) is 90.6 cm³/mol. The topological polar surface area (TPSA) is 115 Å². The van der Waals surface area contributed by atoms with Gasteiger partial charge in [0, 0.05) is 25.8 Å². The zero-order valence-corrected chi connectivity index (χ0v) is 15.2. The van der Waals surface area contributed by atoms with Crippen LogP contribution in [0.5, 0.6) is 0 Å². The summed E-state index contributed by atoms with van der Waals surface area (Å²) in [4.78, 5) is 18.2. The number of carbonyl (C=O) groups excluding carboxylic acids is 1. The number of methoxy groups -OCH3 is 1. The molecule has 0 spiro atoms. The van der Waals surface area contributed by atoms with Crippen LogP contribution in [0.1, 0.15) is 34.9 Å². The van der Waals surface area contributed by atoms with Gasteiger partial charge in [-0.15, -0.1) is 0 Å². The molecule has 1 aromatic carbocycles. The lowest BCUT2D eigenvalue weighted by Crippen LogP contribution is -2.28. The Balaban J connectivity index is 1.70. The highest BCUT2D eigenvalue weighted by molar-refractivity contribution is 7.89. The minimum atomic E-state index is -3.82. The second-order valence-electron chi connectivity index (χ2n) is 5.89. The molecule has 2 heterocycles. The number of nitrogens with zero attached hydrogens (tertiary/aromatic N) is 3. The van der Waals surface area contributed by atoms with Crippen LogP contribution in [0.4, 0.5) is 0 Å². The fourth-order valence-corrected chi connectivity index (χ4v) is 3.71. The molecule has 1 aliphatic rings. The molecular weight excluding hydrogens is 360 g/mol. The number of amides is 1. The Bertz CT molecular complexity index is 874. The number of ether oxygens (including phenoxy) is 1. The molecule has 0 atom stereocenters. The highest BCUT2D eigenvalue weighted by Crippen LogP contribution is 2.17. The van der Waals surface area contributed by atoms with Gasteiger partial charge in [0.2, 0.25) is 15.9 Å². The maximum atomic E-state index is 12.5. The molecule has 1 amide bonds. The van der Waals surface area contributed by atoms with Crippen LogP contribution in [-0.4, -0.2) is 49.6 Å². The van der Waals surface area contributed by atoms with Gasteiger partial charge in [0.15, 0.2) is 5.82 Å². The van der Waals surface area contributed by atoms with E-state index in [0.717, 1.165) is 12.8 Å². The first-order valence-electron chi connectivity index (χ1n) is 8.19. The van der Waals surface area contributed by atoms with Crippen LogP contribution in [0.15, 0.2) is 33.7 Å². The smallest absolute Gasteiger partial charge is 0.253 e. The van der Waals surface area contributed by atoms with Crippen molar-refractivity contribution in [3.63, 3.8) is 0 Å². The van der Waals surface area contributed by atoms with Crippen molar-refractivity contribution in [2.45, 2.75) is 30.9 Å². The summed E-state index contributed by atoms with van der Waals surface area (Å²) in [6.45, 7) is 1.43. The van der Waals surface area contributed by atoms with Crippen molar-refractivity contribution in [2.75, 3.05) is 20.2 Å². The Kier molecular flexibility index (Phi) is 5.64. The standard InChI is InChI=1S/C16H20N4O5S/c1-24-11-14-18-15(25-19-14)10-17-26(22,23)13-6-4-5-12(9-13)16(21)20-7-2-3-8-20/h4-6,9,17H,2-3,7-8,10-11H2,1H3. The monoisotopic (exact) mass is 380 g/mol. The van der Waals surface area contributed by atoms with E-state index in [-0.39, 0.29) is 29.8 Å². The van der Waals surface area contributed by atoms with Gasteiger partial charge in [-0.1, -0.05) is 11.2 Å². The predicted octanol–water partition coefficient (Wildman–Crippen LogP) is 0.930. The van der Waals surface area contributed by atoms with Gasteiger partial charge in [-0.05, 0) is 31.0 Å². The van der Waals surface area contributed by atoms with Crippen molar-refractivity contribution in [3.05, 3.63) is 41.5 Å². The average molecular weight is 380 g/mol. The third-order valence-corrected chi connectivity index (χ3v) is 5.38. The molecule has 1 aromatic heterocycles. The van der Waals surface area contributed by atoms with E-state index in [1.807, 2.05) is 0 Å². The third-order valence-electron chi connectivity index (χ3n) is 3.98. The number of rotatable bonds is 7. The molecule has 1 saturated heterocycles. The van der Waals surface area contributed by atoms with E-state index in [4.69, 9.17) is 9.26 Å². The summed E-state index contributed by atoms with van der Waals surface area (Å²) in [5.74, 6) is 0.311. The first-order valence-corrected chi connectivity index (χ1v) is 9.67. The lowest BCUT2D eigenvalue weighted by atomic mass is 10.2. The van der Waals surface area contributed by atoms with Crippen LogP contribution in [0.3, 0.4) is 0 Å². The number of hydrogen-bond acceptors (Lipinski definition) is 7. The van der Waals surface area contributed by atoms with Crippen molar-refractivity contribution < 1.29 is 22.5 Å². The molecule has 0 unspecified atom stereocenters. The fraction of sp³-hybridized carbons (Fsp3) is 0.438. The summed E-state index contributed by atoms with van der Waals surface area (Å²) >= 11 is 0. The first kappa shape index (κ1) is 18.5. The molecule has 9 nitrogen and oxygen atoms in total. The molecule has 1 N–H and O–H groups in total. The highest BCUT2D eigenvalue weighted by Gasteiger charge is 2.22. The Morgan fingerprint density at radius 1 is 1.35 bits per heavy atom. The van der Waals surface area contributed by atoms with E-state index >= 15 is 0 Å². The quantitative estimate of drug-likeness (QED) is 0.760. The van der Waals surface area contributed by atoms with E-state index in [9.17, 15) is 13.2 Å². The number of hydrogen-bond donors (Lipinski definition) is 1. The SMILES string of the molecule is COCc1noc(CNS(=O)(=O)c2cccc(C(=O)N3CCCC3)c2)n1. The summed E-state index contributed by atoms with van der Waals surface area (Å²) in [6, 6.07) is 6.00. The molecule has 0 radical (unpaired) electrons. The molecule has 1 aliphatic heterocycles. The zero-order chi connectivity index (χ0) is 18.6. The summed E-state index contributed by atoms with van der Waals surface area (Å²) < 4.78 is 37.2. The highest BCUT2D eigenvalue weighted by atomic mass is 32.2. The molecule has 2 aromatic rings. The Labute approximate surface area is 151 Å². The van der Waals surface area contributed by atoms with E-state index in [2.05, 4.69) is 14.9 Å². The van der Waals surface area contributed by atoms with Gasteiger partial charge in [-0.3, -0.25) is 4.79 Å². The van der Waals surface area contributed by atoms with Crippen molar-refractivity contribution >= 4 is 15.9 Å². The van der Waals surface area contributed by atoms with Crippen molar-refractivity contribution in [3.8, 4) is 0 Å². The summed E-state index contributed by atoms with van der Waals surface area (Å²) in [5.41, 5.74) is 0.356. The minimum absolute atomic E-state index is 0.0131. The van der Waals surface area contributed by atoms with Gasteiger partial charge in [-0.2, -0.15) is 4.98 Å². The number of carbonyl (C=O) groups is 1. The third kappa shape index (κ3) is 4.26. The maximum Gasteiger partial charge on any atom is 0.253 e. The van der Waals surface area contributed by atoms with Crippen LogP contribution in [-0.2, 0) is 27.9 Å². The van der Waals surface area contributed by atoms with Crippen LogP contribution in [0.25, 0.3) is 0 Å². The van der Waals surface area contributed by atoms with Crippen LogP contribution in [0.2, 0.25) is 0 Å². The molecule has 3 rings (SSSR count). The number of nitrogens with one attached hydrogen (secondary N) is 1. The Morgan fingerprint density at radius 3 is 2.85 bits per heavy atom. The van der Waals surface area contributed by atoms with Crippen molar-refractivity contribution in [1.29, 1.82) is 0 Å². The van der Waals surface area contributed by atoms with Crippen LogP contribution < -0.4 is 4.72 Å². The summed E-state index contributed by atoms with van der Waals surface area (Å²) in [5, 5.41) is 3.66. The number of sulfonamides is 1. The van der Waals surface area contributed by atoms with Gasteiger partial charge in [0.1, 0.15) is 6.61 Å². The van der Waals surface area contributed by atoms with Gasteiger partial charge in [-0.25, -0.2) is 13.1 Å². The van der Waals surface area contributed by atoms with E-state index in [1.165, 1.54) is 19.2 Å². The van der Waals surface area contributed by atoms with E-state index in [0.29, 0.717) is 24.5 Å². The number of aromatic nitrogens is 2. The number of likely N-dealkylation sites (tertiary alicyclic amines) is 1. The normalized spacial score (nSPS) is 14.7. The second kappa shape index (κ2) is 7.94. The minimum Gasteiger partial charge on any atom is -0.377 e. The molecule has 0 saturated carbocycles. The molecule has 26 heavy (non-hydrogen) atoms. The second-order valence-corrected chi connectivity index (χ2v) is 7.66. The first-order chi connectivity index (χ1) is 12.5. The summed E-state index contributed by atoms with van der Waals surface area (Å²) in [7, 11) is -2.33. The fourth-order valence-electron chi connectivity index (χ4n) is 2.69.